The number of carbonyl (C=O) groups is 1. The van der Waals surface area contributed by atoms with E-state index in [0.717, 1.165) is 66.5 Å². The van der Waals surface area contributed by atoms with Crippen molar-refractivity contribution in [1.29, 1.82) is 0 Å². The molecule has 7 nitrogen and oxygen atoms in total. The number of likely N-dealkylation sites (N-methyl/N-ethyl adjacent to an activating group) is 1. The number of allylic oxidation sites excluding steroid dienone is 1. The SMILES string of the molecule is CCN1C(=O)N2Cc3cc(OC)cc(OC)c3[C@@H](C)C=C2C12CCN(Cc1scnc1C)CC2. The van der Waals surface area contributed by atoms with Crippen LogP contribution in [0.1, 0.15) is 54.3 Å². The second-order valence-corrected chi connectivity index (χ2v) is 10.5. The summed E-state index contributed by atoms with van der Waals surface area (Å²) in [6.45, 7) is 10.5. The van der Waals surface area contributed by atoms with Crippen molar-refractivity contribution < 1.29 is 14.3 Å². The largest absolute Gasteiger partial charge is 0.497 e. The molecule has 0 radical (unpaired) electrons. The fraction of sp³-hybridized carbons (Fsp3) is 0.538. The van der Waals surface area contributed by atoms with Gasteiger partial charge in [-0.1, -0.05) is 13.0 Å². The van der Waals surface area contributed by atoms with Crippen molar-refractivity contribution in [2.45, 2.75) is 58.2 Å². The van der Waals surface area contributed by atoms with E-state index in [0.29, 0.717) is 13.1 Å². The number of rotatable bonds is 5. The monoisotopic (exact) mass is 482 g/mol. The molecule has 5 rings (SSSR count). The van der Waals surface area contributed by atoms with Crippen molar-refractivity contribution in [1.82, 2.24) is 19.7 Å². The van der Waals surface area contributed by atoms with Crippen LogP contribution in [0.4, 0.5) is 4.79 Å². The van der Waals surface area contributed by atoms with Gasteiger partial charge in [0.15, 0.2) is 0 Å². The number of fused-ring (bicyclic) bond motifs is 3. The molecule has 0 N–H and O–H groups in total. The smallest absolute Gasteiger partial charge is 0.325 e. The van der Waals surface area contributed by atoms with Crippen LogP contribution in [0.25, 0.3) is 0 Å². The molecule has 2 amide bonds. The number of hydrogen-bond donors (Lipinski definition) is 0. The van der Waals surface area contributed by atoms with Crippen molar-refractivity contribution in [3.05, 3.63) is 51.1 Å². The van der Waals surface area contributed by atoms with Crippen molar-refractivity contribution in [3.63, 3.8) is 0 Å². The second-order valence-electron chi connectivity index (χ2n) is 9.52. The molecule has 3 aliphatic rings. The number of piperidine rings is 1. The predicted molar refractivity (Wildman–Crippen MR) is 133 cm³/mol. The molecular weight excluding hydrogens is 448 g/mol. The third-order valence-electron chi connectivity index (χ3n) is 7.81. The van der Waals surface area contributed by atoms with Crippen LogP contribution in [-0.4, -0.2) is 65.1 Å². The number of carbonyl (C=O) groups excluding carboxylic acids is 1. The van der Waals surface area contributed by atoms with Crippen LogP contribution in [0.15, 0.2) is 29.4 Å². The fourth-order valence-electron chi connectivity index (χ4n) is 6.03. The van der Waals surface area contributed by atoms with Crippen LogP contribution in [-0.2, 0) is 13.1 Å². The summed E-state index contributed by atoms with van der Waals surface area (Å²) in [4.78, 5) is 26.1. The quantitative estimate of drug-likeness (QED) is 0.615. The maximum Gasteiger partial charge on any atom is 0.325 e. The summed E-state index contributed by atoms with van der Waals surface area (Å²) in [5, 5.41) is 0. The van der Waals surface area contributed by atoms with Gasteiger partial charge in [0.25, 0.3) is 0 Å². The summed E-state index contributed by atoms with van der Waals surface area (Å²) >= 11 is 1.73. The second kappa shape index (κ2) is 8.89. The molecule has 1 aromatic carbocycles. The minimum atomic E-state index is -0.251. The van der Waals surface area contributed by atoms with E-state index >= 15 is 0 Å². The lowest BCUT2D eigenvalue weighted by molar-refractivity contribution is 0.0892. The van der Waals surface area contributed by atoms with Gasteiger partial charge in [0.2, 0.25) is 0 Å². The fourth-order valence-corrected chi connectivity index (χ4v) is 6.84. The van der Waals surface area contributed by atoms with E-state index in [9.17, 15) is 4.79 Å². The lowest BCUT2D eigenvalue weighted by Gasteiger charge is -2.44. The first-order valence-electron chi connectivity index (χ1n) is 12.1. The van der Waals surface area contributed by atoms with Gasteiger partial charge in [0, 0.05) is 54.3 Å². The van der Waals surface area contributed by atoms with Crippen molar-refractivity contribution in [2.24, 2.45) is 0 Å². The van der Waals surface area contributed by atoms with E-state index in [1.54, 1.807) is 25.6 Å². The van der Waals surface area contributed by atoms with Crippen molar-refractivity contribution >= 4 is 17.4 Å². The zero-order chi connectivity index (χ0) is 24.0. The Morgan fingerprint density at radius 3 is 2.59 bits per heavy atom. The molecule has 2 saturated heterocycles. The Morgan fingerprint density at radius 2 is 1.97 bits per heavy atom. The highest BCUT2D eigenvalue weighted by molar-refractivity contribution is 7.09. The number of aryl methyl sites for hydroxylation is 1. The third kappa shape index (κ3) is 3.58. The number of hydrogen-bond acceptors (Lipinski definition) is 6. The van der Waals surface area contributed by atoms with Crippen LogP contribution in [0.2, 0.25) is 0 Å². The van der Waals surface area contributed by atoms with E-state index in [4.69, 9.17) is 9.47 Å². The minimum absolute atomic E-state index is 0.113. The summed E-state index contributed by atoms with van der Waals surface area (Å²) in [6, 6.07) is 4.11. The Balaban J connectivity index is 1.48. The molecule has 1 spiro atoms. The summed E-state index contributed by atoms with van der Waals surface area (Å²) in [7, 11) is 3.37. The van der Waals surface area contributed by atoms with Crippen molar-refractivity contribution in [3.8, 4) is 11.5 Å². The van der Waals surface area contributed by atoms with Gasteiger partial charge in [-0.3, -0.25) is 9.80 Å². The van der Waals surface area contributed by atoms with E-state index in [1.165, 1.54) is 4.88 Å². The minimum Gasteiger partial charge on any atom is -0.497 e. The molecule has 34 heavy (non-hydrogen) atoms. The first-order chi connectivity index (χ1) is 16.4. The molecule has 2 aromatic rings. The van der Waals surface area contributed by atoms with Gasteiger partial charge in [-0.05, 0) is 38.3 Å². The Labute approximate surface area is 206 Å². The summed E-state index contributed by atoms with van der Waals surface area (Å²) in [6.07, 6.45) is 4.20. The van der Waals surface area contributed by atoms with Crippen LogP contribution in [0.3, 0.4) is 0 Å². The average molecular weight is 483 g/mol. The van der Waals surface area contributed by atoms with Crippen LogP contribution < -0.4 is 9.47 Å². The lowest BCUT2D eigenvalue weighted by Crippen LogP contribution is -2.53. The zero-order valence-corrected chi connectivity index (χ0v) is 21.6. The Kier molecular flexibility index (Phi) is 6.06. The standard InChI is InChI=1S/C26H34N4O3S/c1-6-30-25(31)29-14-19-12-20(32-4)13-21(33-5)24(19)17(2)11-23(29)26(30)7-9-28(10-8-26)15-22-18(3)27-16-34-22/h11-13,16-17H,6-10,14-15H2,1-5H3/t17-/m0/s1. The Morgan fingerprint density at radius 1 is 1.21 bits per heavy atom. The highest BCUT2D eigenvalue weighted by Gasteiger charge is 2.54. The highest BCUT2D eigenvalue weighted by atomic mass is 32.1. The molecule has 0 saturated carbocycles. The topological polar surface area (TPSA) is 58.1 Å². The van der Waals surface area contributed by atoms with Crippen LogP contribution in [0.5, 0.6) is 11.5 Å². The number of thiazole rings is 1. The van der Waals surface area contributed by atoms with Crippen LogP contribution in [0, 0.1) is 6.92 Å². The number of aromatic nitrogens is 1. The summed E-state index contributed by atoms with van der Waals surface area (Å²) < 4.78 is 11.3. The number of benzene rings is 1. The van der Waals surface area contributed by atoms with Gasteiger partial charge < -0.3 is 14.4 Å². The molecule has 1 aromatic heterocycles. The molecule has 182 valence electrons. The molecule has 0 bridgehead atoms. The Bertz CT molecular complexity index is 1120. The van der Waals surface area contributed by atoms with E-state index in [1.807, 2.05) is 16.5 Å². The van der Waals surface area contributed by atoms with E-state index in [2.05, 4.69) is 47.7 Å². The average Bonchev–Trinajstić information content (AvgIpc) is 3.27. The molecule has 8 heteroatoms. The third-order valence-corrected chi connectivity index (χ3v) is 8.73. The maximum absolute atomic E-state index is 13.7. The predicted octanol–water partition coefficient (Wildman–Crippen LogP) is 4.76. The molecule has 4 heterocycles. The summed E-state index contributed by atoms with van der Waals surface area (Å²) in [5.74, 6) is 1.71. The van der Waals surface area contributed by atoms with Gasteiger partial charge in [-0.25, -0.2) is 9.78 Å². The summed E-state index contributed by atoms with van der Waals surface area (Å²) in [5.41, 5.74) is 6.21. The van der Waals surface area contributed by atoms with E-state index in [-0.39, 0.29) is 17.5 Å². The number of likely N-dealkylation sites (tertiary alicyclic amines) is 1. The van der Waals surface area contributed by atoms with Gasteiger partial charge in [-0.2, -0.15) is 0 Å². The van der Waals surface area contributed by atoms with Gasteiger partial charge in [0.1, 0.15) is 11.5 Å². The Hall–Kier alpha value is -2.58. The number of amides is 2. The lowest BCUT2D eigenvalue weighted by atomic mass is 9.82. The van der Waals surface area contributed by atoms with Gasteiger partial charge in [-0.15, -0.1) is 11.3 Å². The van der Waals surface area contributed by atoms with E-state index < -0.39 is 0 Å². The number of urea groups is 1. The first kappa shape index (κ1) is 23.2. The number of ether oxygens (including phenoxy) is 2. The maximum atomic E-state index is 13.7. The normalized spacial score (nSPS) is 21.9. The van der Waals surface area contributed by atoms with Gasteiger partial charge in [0.05, 0.1) is 37.5 Å². The first-order valence-corrected chi connectivity index (χ1v) is 13.0. The van der Waals surface area contributed by atoms with Crippen molar-refractivity contribution in [2.75, 3.05) is 33.9 Å². The molecular formula is C26H34N4O3S. The zero-order valence-electron chi connectivity index (χ0n) is 20.8. The number of nitrogens with zero attached hydrogens (tertiary/aromatic N) is 4. The molecule has 0 unspecified atom stereocenters. The molecule has 3 aliphatic heterocycles. The molecule has 2 fully saturated rings. The number of methoxy groups -OCH3 is 2. The van der Waals surface area contributed by atoms with Gasteiger partial charge >= 0.3 is 6.03 Å². The molecule has 0 aliphatic carbocycles. The van der Waals surface area contributed by atoms with Crippen LogP contribution >= 0.6 is 11.3 Å². The highest BCUT2D eigenvalue weighted by Crippen LogP contribution is 2.49. The molecule has 1 atom stereocenters.